The van der Waals surface area contributed by atoms with E-state index in [0.717, 1.165) is 36.7 Å². The van der Waals surface area contributed by atoms with E-state index in [4.69, 9.17) is 0 Å². The molecule has 0 spiro atoms. The zero-order chi connectivity index (χ0) is 14.3. The second-order valence-electron chi connectivity index (χ2n) is 6.98. The lowest BCUT2D eigenvalue weighted by atomic mass is 9.70. The van der Waals surface area contributed by atoms with Crippen molar-refractivity contribution >= 4 is 0 Å². The van der Waals surface area contributed by atoms with Crippen LogP contribution in [0.5, 0.6) is 0 Å². The first-order valence-corrected chi connectivity index (χ1v) is 8.02. The quantitative estimate of drug-likeness (QED) is 0.620. The van der Waals surface area contributed by atoms with Crippen LogP contribution in [0.2, 0.25) is 0 Å². The topological polar surface area (TPSA) is 0 Å². The van der Waals surface area contributed by atoms with Crippen LogP contribution in [0.3, 0.4) is 0 Å². The van der Waals surface area contributed by atoms with Gasteiger partial charge in [0.1, 0.15) is 0 Å². The highest BCUT2D eigenvalue weighted by Gasteiger charge is 2.31. The van der Waals surface area contributed by atoms with E-state index in [0.29, 0.717) is 17.0 Å². The van der Waals surface area contributed by atoms with Crippen LogP contribution < -0.4 is 0 Å². The van der Waals surface area contributed by atoms with Crippen LogP contribution in [0.4, 0.5) is 8.78 Å². The van der Waals surface area contributed by atoms with Gasteiger partial charge in [0.25, 0.3) is 0 Å². The van der Waals surface area contributed by atoms with Gasteiger partial charge in [-0.1, -0.05) is 25.8 Å². The van der Waals surface area contributed by atoms with Gasteiger partial charge in [0.15, 0.2) is 11.6 Å². The average molecular weight is 282 g/mol. The first kappa shape index (κ1) is 14.0. The Labute approximate surface area is 123 Å². The Morgan fingerprint density at radius 1 is 1.00 bits per heavy atom. The Morgan fingerprint density at radius 3 is 2.40 bits per heavy atom. The van der Waals surface area contributed by atoms with E-state index in [1.54, 1.807) is 6.92 Å². The standard InChI is InChI=1S/C18H24F2.2H2/c1-11-3-5-13(6-4-11)14-7-8-15-9-12(2)17(19)18(20)16(15)10-14;;/h9,11,13-14H,3-8,10H2,1-2H3;2*1H. The van der Waals surface area contributed by atoms with Gasteiger partial charge in [-0.25, -0.2) is 8.78 Å². The summed E-state index contributed by atoms with van der Waals surface area (Å²) in [4.78, 5) is 0. The molecule has 1 unspecified atom stereocenters. The van der Waals surface area contributed by atoms with Crippen molar-refractivity contribution in [2.24, 2.45) is 17.8 Å². The maximum absolute atomic E-state index is 14.2. The summed E-state index contributed by atoms with van der Waals surface area (Å²) in [5.74, 6) is 0.921. The molecule has 2 aliphatic rings. The second-order valence-corrected chi connectivity index (χ2v) is 6.98. The van der Waals surface area contributed by atoms with Gasteiger partial charge in [-0.05, 0) is 73.5 Å². The molecule has 0 N–H and O–H groups in total. The Kier molecular flexibility index (Phi) is 3.83. The number of halogens is 2. The highest BCUT2D eigenvalue weighted by molar-refractivity contribution is 5.36. The van der Waals surface area contributed by atoms with Crippen LogP contribution >= 0.6 is 0 Å². The number of rotatable bonds is 1. The molecule has 2 heteroatoms. The summed E-state index contributed by atoms with van der Waals surface area (Å²) >= 11 is 0. The van der Waals surface area contributed by atoms with Crippen molar-refractivity contribution in [1.82, 2.24) is 0 Å². The number of benzene rings is 1. The van der Waals surface area contributed by atoms with Gasteiger partial charge in [0.05, 0.1) is 0 Å². The molecule has 0 aliphatic heterocycles. The van der Waals surface area contributed by atoms with Crippen molar-refractivity contribution in [1.29, 1.82) is 0 Å². The minimum Gasteiger partial charge on any atom is -0.203 e. The normalized spacial score (nSPS) is 30.1. The van der Waals surface area contributed by atoms with Crippen molar-refractivity contribution in [3.05, 3.63) is 34.4 Å². The van der Waals surface area contributed by atoms with Crippen molar-refractivity contribution < 1.29 is 11.6 Å². The first-order valence-electron chi connectivity index (χ1n) is 8.02. The Balaban J connectivity index is 0.00000121. The molecule has 0 aromatic heterocycles. The van der Waals surface area contributed by atoms with E-state index in [1.165, 1.54) is 25.7 Å². The molecule has 0 bridgehead atoms. The smallest absolute Gasteiger partial charge is 0.162 e. The molecule has 0 heterocycles. The Bertz CT molecular complexity index is 508. The summed E-state index contributed by atoms with van der Waals surface area (Å²) in [7, 11) is 0. The zero-order valence-corrected chi connectivity index (χ0v) is 12.5. The van der Waals surface area contributed by atoms with Crippen LogP contribution in [0.15, 0.2) is 6.07 Å². The molecule has 1 aromatic rings. The molecule has 0 nitrogen and oxygen atoms in total. The largest absolute Gasteiger partial charge is 0.203 e. The molecular weight excluding hydrogens is 254 g/mol. The molecule has 0 radical (unpaired) electrons. The number of aryl methyl sites for hydroxylation is 2. The summed E-state index contributed by atoms with van der Waals surface area (Å²) < 4.78 is 27.9. The Hall–Kier alpha value is -0.920. The number of fused-ring (bicyclic) bond motifs is 1. The third kappa shape index (κ3) is 2.49. The Morgan fingerprint density at radius 2 is 1.70 bits per heavy atom. The number of hydrogen-bond acceptors (Lipinski definition) is 0. The van der Waals surface area contributed by atoms with E-state index < -0.39 is 11.6 Å². The molecule has 20 heavy (non-hydrogen) atoms. The van der Waals surface area contributed by atoms with Gasteiger partial charge >= 0.3 is 0 Å². The van der Waals surface area contributed by atoms with E-state index in [2.05, 4.69) is 6.92 Å². The maximum atomic E-state index is 14.2. The molecule has 0 saturated heterocycles. The zero-order valence-electron chi connectivity index (χ0n) is 12.5. The monoisotopic (exact) mass is 282 g/mol. The van der Waals surface area contributed by atoms with Crippen LogP contribution in [0.25, 0.3) is 0 Å². The van der Waals surface area contributed by atoms with Crippen molar-refractivity contribution in [2.75, 3.05) is 0 Å². The van der Waals surface area contributed by atoms with Gasteiger partial charge in [-0.3, -0.25) is 0 Å². The molecule has 1 saturated carbocycles. The summed E-state index contributed by atoms with van der Waals surface area (Å²) in [5.41, 5.74) is 2.16. The lowest BCUT2D eigenvalue weighted by Crippen LogP contribution is -2.27. The van der Waals surface area contributed by atoms with Crippen LogP contribution in [0.1, 0.15) is 58.6 Å². The fourth-order valence-electron chi connectivity index (χ4n) is 4.17. The minimum atomic E-state index is -0.637. The molecule has 1 aromatic carbocycles. The van der Waals surface area contributed by atoms with Gasteiger partial charge in [-0.2, -0.15) is 0 Å². The highest BCUT2D eigenvalue weighted by Crippen LogP contribution is 2.40. The van der Waals surface area contributed by atoms with Crippen LogP contribution in [-0.4, -0.2) is 0 Å². The van der Waals surface area contributed by atoms with Crippen LogP contribution in [0, 0.1) is 36.3 Å². The molecule has 0 amide bonds. The lowest BCUT2D eigenvalue weighted by molar-refractivity contribution is 0.195. The van der Waals surface area contributed by atoms with Crippen molar-refractivity contribution in [2.45, 2.75) is 58.8 Å². The van der Waals surface area contributed by atoms with Gasteiger partial charge in [0.2, 0.25) is 0 Å². The molecule has 1 fully saturated rings. The fourth-order valence-corrected chi connectivity index (χ4v) is 4.17. The molecule has 114 valence electrons. The molecule has 1 atom stereocenters. The summed E-state index contributed by atoms with van der Waals surface area (Å²) in [5, 5.41) is 0. The summed E-state index contributed by atoms with van der Waals surface area (Å²) in [6.07, 6.45) is 7.98. The number of hydrogen-bond donors (Lipinski definition) is 0. The SMILES string of the molecule is Cc1cc2c(c(F)c1F)CC(C1CCC(C)CC1)CC2.[HH].[HH]. The molecular formula is C18H28F2. The highest BCUT2D eigenvalue weighted by atomic mass is 19.2. The third-order valence-corrected chi connectivity index (χ3v) is 5.56. The average Bonchev–Trinajstić information content (AvgIpc) is 2.46. The lowest BCUT2D eigenvalue weighted by Gasteiger charge is -2.36. The second kappa shape index (κ2) is 5.46. The van der Waals surface area contributed by atoms with E-state index in [-0.39, 0.29) is 2.85 Å². The predicted molar refractivity (Wildman–Crippen MR) is 82.0 cm³/mol. The van der Waals surface area contributed by atoms with Crippen molar-refractivity contribution in [3.63, 3.8) is 0 Å². The first-order chi connectivity index (χ1) is 9.56. The van der Waals surface area contributed by atoms with E-state index in [9.17, 15) is 8.78 Å². The van der Waals surface area contributed by atoms with Crippen LogP contribution in [-0.2, 0) is 12.8 Å². The third-order valence-electron chi connectivity index (χ3n) is 5.56. The van der Waals surface area contributed by atoms with Crippen molar-refractivity contribution in [3.8, 4) is 0 Å². The molecule has 2 aliphatic carbocycles. The summed E-state index contributed by atoms with van der Waals surface area (Å²) in [6.45, 7) is 3.98. The molecule has 3 rings (SSSR count). The van der Waals surface area contributed by atoms with Gasteiger partial charge in [-0.15, -0.1) is 0 Å². The van der Waals surface area contributed by atoms with E-state index >= 15 is 0 Å². The minimum absolute atomic E-state index is 0. The van der Waals surface area contributed by atoms with E-state index in [1.807, 2.05) is 6.07 Å². The fraction of sp³-hybridized carbons (Fsp3) is 0.667. The predicted octanol–water partition coefficient (Wildman–Crippen LogP) is 5.70. The van der Waals surface area contributed by atoms with Gasteiger partial charge in [0, 0.05) is 2.85 Å². The van der Waals surface area contributed by atoms with Gasteiger partial charge < -0.3 is 0 Å². The summed E-state index contributed by atoms with van der Waals surface area (Å²) in [6, 6.07) is 1.85. The maximum Gasteiger partial charge on any atom is 0.162 e.